The zero-order valence-corrected chi connectivity index (χ0v) is 33.2. The molecule has 2 amide bonds. The monoisotopic (exact) mass is 833 g/mol. The van der Waals surface area contributed by atoms with Gasteiger partial charge in [-0.25, -0.2) is 0 Å². The fourth-order valence-corrected chi connectivity index (χ4v) is 7.58. The van der Waals surface area contributed by atoms with Gasteiger partial charge in [0.25, 0.3) is 11.8 Å². The van der Waals surface area contributed by atoms with Crippen molar-refractivity contribution in [1.29, 1.82) is 0 Å². The second-order valence-corrected chi connectivity index (χ2v) is 14.2. The minimum atomic E-state index is -1.75. The van der Waals surface area contributed by atoms with E-state index in [2.05, 4.69) is 0 Å². The fourth-order valence-electron chi connectivity index (χ4n) is 7.58. The maximum Gasteiger partial charge on any atom is 0.303 e. The lowest BCUT2D eigenvalue weighted by Crippen LogP contribution is -2.71. The van der Waals surface area contributed by atoms with Gasteiger partial charge in [-0.1, -0.05) is 42.5 Å². The number of hydrogen-bond donors (Lipinski definition) is 0. The maximum absolute atomic E-state index is 14.4. The van der Waals surface area contributed by atoms with Crippen molar-refractivity contribution in [1.82, 2.24) is 4.90 Å². The van der Waals surface area contributed by atoms with Crippen molar-refractivity contribution in [2.24, 2.45) is 0 Å². The highest BCUT2D eigenvalue weighted by atomic mass is 16.8. The summed E-state index contributed by atoms with van der Waals surface area (Å²) in [5.74, 6) is -3.90. The summed E-state index contributed by atoms with van der Waals surface area (Å²) < 4.78 is 66.4. The van der Waals surface area contributed by atoms with E-state index in [0.29, 0.717) is 11.3 Å². The first kappa shape index (κ1) is 42.2. The Morgan fingerprint density at radius 3 is 1.83 bits per heavy atom. The number of amides is 2. The molecule has 0 spiro atoms. The second kappa shape index (κ2) is 18.1. The lowest BCUT2D eigenvalue weighted by atomic mass is 9.93. The molecular weight excluding hydrogens is 790 g/mol. The molecule has 318 valence electrons. The number of methoxy groups -OCH3 is 1. The largest absolute Gasteiger partial charge is 0.497 e. The average Bonchev–Trinajstić information content (AvgIpc) is 3.47. The van der Waals surface area contributed by atoms with Crippen LogP contribution in [0.15, 0.2) is 78.9 Å². The predicted molar refractivity (Wildman–Crippen MR) is 200 cm³/mol. The fraction of sp³-hybridized carbons (Fsp3) is 0.429. The van der Waals surface area contributed by atoms with Gasteiger partial charge in [-0.3, -0.25) is 33.7 Å². The van der Waals surface area contributed by atoms with Crippen LogP contribution in [0, 0.1) is 0 Å². The van der Waals surface area contributed by atoms with Crippen LogP contribution in [0.5, 0.6) is 11.5 Å². The van der Waals surface area contributed by atoms with Crippen LogP contribution in [0.1, 0.15) is 60.3 Å². The minimum absolute atomic E-state index is 0.0973. The number of hydrogen-bond acceptors (Lipinski definition) is 17. The molecule has 60 heavy (non-hydrogen) atoms. The number of carbonyl (C=O) groups is 6. The van der Waals surface area contributed by atoms with Gasteiger partial charge in [0, 0.05) is 33.3 Å². The quantitative estimate of drug-likeness (QED) is 0.146. The Morgan fingerprint density at radius 1 is 0.650 bits per heavy atom. The summed E-state index contributed by atoms with van der Waals surface area (Å²) in [5, 5.41) is 0. The molecule has 3 aromatic rings. The minimum Gasteiger partial charge on any atom is -0.497 e. The molecule has 4 aliphatic rings. The van der Waals surface area contributed by atoms with Crippen LogP contribution in [0.25, 0.3) is 0 Å². The van der Waals surface area contributed by atoms with E-state index in [1.165, 1.54) is 19.2 Å². The summed E-state index contributed by atoms with van der Waals surface area (Å²) in [5.41, 5.74) is 0.832. The molecule has 4 heterocycles. The molecule has 0 radical (unpaired) electrons. The summed E-state index contributed by atoms with van der Waals surface area (Å²) in [6.07, 6.45) is -14.0. The lowest BCUT2D eigenvalue weighted by Gasteiger charge is -2.52. The van der Waals surface area contributed by atoms with Gasteiger partial charge in [0.05, 0.1) is 24.8 Å². The third kappa shape index (κ3) is 8.97. The van der Waals surface area contributed by atoms with Gasteiger partial charge in [0.1, 0.15) is 48.6 Å². The number of ether oxygens (including phenoxy) is 11. The van der Waals surface area contributed by atoms with E-state index in [1.807, 2.05) is 6.07 Å². The average molecular weight is 834 g/mol. The number of fused-ring (bicyclic) bond motifs is 2. The zero-order valence-electron chi connectivity index (χ0n) is 33.2. The molecule has 0 saturated carbocycles. The van der Waals surface area contributed by atoms with E-state index in [4.69, 9.17) is 52.1 Å². The van der Waals surface area contributed by atoms with Crippen molar-refractivity contribution in [3.8, 4) is 11.5 Å². The number of imide groups is 1. The van der Waals surface area contributed by atoms with Crippen molar-refractivity contribution < 1.29 is 80.9 Å². The first-order valence-electron chi connectivity index (χ1n) is 19.0. The highest BCUT2D eigenvalue weighted by Gasteiger charge is 2.61. The van der Waals surface area contributed by atoms with Crippen LogP contribution in [0.4, 0.5) is 0 Å². The van der Waals surface area contributed by atoms with Crippen molar-refractivity contribution in [2.75, 3.05) is 20.3 Å². The van der Waals surface area contributed by atoms with E-state index in [9.17, 15) is 28.8 Å². The molecular formula is C42H43NO17. The lowest BCUT2D eigenvalue weighted by molar-refractivity contribution is -0.376. The third-order valence-electron chi connectivity index (χ3n) is 10.1. The highest BCUT2D eigenvalue weighted by molar-refractivity contribution is 6.21. The van der Waals surface area contributed by atoms with Gasteiger partial charge in [-0.05, 0) is 36.4 Å². The third-order valence-corrected chi connectivity index (χ3v) is 10.1. The summed E-state index contributed by atoms with van der Waals surface area (Å²) in [6, 6.07) is 20.2. The first-order chi connectivity index (χ1) is 28.8. The Balaban J connectivity index is 1.36. The van der Waals surface area contributed by atoms with Gasteiger partial charge < -0.3 is 52.1 Å². The van der Waals surface area contributed by atoms with E-state index in [1.54, 1.807) is 60.7 Å². The SMILES string of the molecule is COc1ccc(O[C@@H]2O[C@@H]3CO[C@H](c4ccccc4)O[C@H]3[C@H](O[C@@H]3O[C@H](COC(C)=O)[C@H](OC(C)=O)[C@H](OC(C)=O)[C@H]3OC(C)=O)[C@H]2N2C(=O)c3ccccc3C2=O)cc1. The Hall–Kier alpha value is -5.92. The molecule has 11 atom stereocenters. The smallest absolute Gasteiger partial charge is 0.303 e. The standard InChI is InChI=1S/C42H43NO17/c1-21(44)51-19-30-34(53-22(2)45)36(54-23(3)46)37(55-24(4)47)42(58-30)60-35-32(43-38(48)28-13-9-10-14-29(28)39(43)49)41(56-27-17-15-26(50-5)16-18-27)57-31-20-52-40(59-33(31)35)25-11-7-6-8-12-25/h6-18,30-37,40-42H,19-20H2,1-5H3/t30-,31-,32-,33-,34+,35-,36+,37-,40+,41-,42+/m1/s1. The first-order valence-corrected chi connectivity index (χ1v) is 19.0. The van der Waals surface area contributed by atoms with E-state index in [0.717, 1.165) is 32.6 Å². The molecule has 4 aliphatic heterocycles. The predicted octanol–water partition coefficient (Wildman–Crippen LogP) is 3.05. The van der Waals surface area contributed by atoms with E-state index in [-0.39, 0.29) is 23.5 Å². The van der Waals surface area contributed by atoms with Crippen molar-refractivity contribution in [3.63, 3.8) is 0 Å². The van der Waals surface area contributed by atoms with Gasteiger partial charge in [0.15, 0.2) is 30.9 Å². The van der Waals surface area contributed by atoms with Crippen molar-refractivity contribution >= 4 is 35.7 Å². The van der Waals surface area contributed by atoms with E-state index >= 15 is 0 Å². The molecule has 0 aliphatic carbocycles. The molecule has 18 nitrogen and oxygen atoms in total. The van der Waals surface area contributed by atoms with Crippen molar-refractivity contribution in [3.05, 3.63) is 95.6 Å². The Morgan fingerprint density at radius 2 is 1.23 bits per heavy atom. The van der Waals surface area contributed by atoms with Crippen molar-refractivity contribution in [2.45, 2.75) is 95.3 Å². The topological polar surface area (TPSA) is 207 Å². The molecule has 3 fully saturated rings. The number of esters is 4. The number of nitrogens with zero attached hydrogens (tertiary/aromatic N) is 1. The molecule has 18 heteroatoms. The van der Waals surface area contributed by atoms with Gasteiger partial charge in [-0.15, -0.1) is 0 Å². The number of benzene rings is 3. The summed E-state index contributed by atoms with van der Waals surface area (Å²) in [6.45, 7) is 3.78. The molecule has 0 bridgehead atoms. The van der Waals surface area contributed by atoms with E-state index < -0.39 is 110 Å². The van der Waals surface area contributed by atoms with Gasteiger partial charge >= 0.3 is 23.9 Å². The second-order valence-electron chi connectivity index (χ2n) is 14.2. The van der Waals surface area contributed by atoms with Crippen LogP contribution in [-0.4, -0.2) is 122 Å². The number of rotatable bonds is 12. The Kier molecular flexibility index (Phi) is 12.8. The normalized spacial score (nSPS) is 29.7. The van der Waals surface area contributed by atoms with Gasteiger partial charge in [0.2, 0.25) is 6.29 Å². The summed E-state index contributed by atoms with van der Waals surface area (Å²) >= 11 is 0. The highest BCUT2D eigenvalue weighted by Crippen LogP contribution is 2.42. The maximum atomic E-state index is 14.4. The van der Waals surface area contributed by atoms with Crippen LogP contribution in [0.2, 0.25) is 0 Å². The Labute approximate surface area is 343 Å². The zero-order chi connectivity index (χ0) is 42.7. The molecule has 3 saturated heterocycles. The molecule has 0 unspecified atom stereocenters. The molecule has 3 aromatic carbocycles. The molecule has 7 rings (SSSR count). The van der Waals surface area contributed by atoms with Crippen LogP contribution >= 0.6 is 0 Å². The van der Waals surface area contributed by atoms with Gasteiger partial charge in [-0.2, -0.15) is 0 Å². The molecule has 0 N–H and O–H groups in total. The summed E-state index contributed by atoms with van der Waals surface area (Å²) in [7, 11) is 1.50. The summed E-state index contributed by atoms with van der Waals surface area (Å²) in [4.78, 5) is 79.7. The number of carbonyl (C=O) groups excluding carboxylic acids is 6. The van der Waals surface area contributed by atoms with Crippen LogP contribution in [-0.2, 0) is 61.8 Å². The van der Waals surface area contributed by atoms with Crippen LogP contribution < -0.4 is 9.47 Å². The molecule has 0 aromatic heterocycles. The Bertz CT molecular complexity index is 2040. The van der Waals surface area contributed by atoms with Crippen LogP contribution in [0.3, 0.4) is 0 Å².